The highest BCUT2D eigenvalue weighted by Crippen LogP contribution is 2.32. The van der Waals surface area contributed by atoms with Crippen LogP contribution in [0.15, 0.2) is 46.1 Å². The van der Waals surface area contributed by atoms with E-state index in [-0.39, 0.29) is 11.0 Å². The minimum absolute atomic E-state index is 0.0717. The Morgan fingerprint density at radius 3 is 2.62 bits per heavy atom. The second-order valence-electron chi connectivity index (χ2n) is 6.01. The van der Waals surface area contributed by atoms with Gasteiger partial charge in [-0.3, -0.25) is 14.7 Å². The molecule has 1 aliphatic rings. The van der Waals surface area contributed by atoms with Gasteiger partial charge >= 0.3 is 0 Å². The van der Waals surface area contributed by atoms with Crippen LogP contribution in [0, 0.1) is 13.8 Å². The van der Waals surface area contributed by atoms with Gasteiger partial charge in [-0.15, -0.1) is 0 Å². The van der Waals surface area contributed by atoms with Gasteiger partial charge in [0.2, 0.25) is 0 Å². The monoisotopic (exact) mass is 323 g/mol. The Labute approximate surface area is 137 Å². The number of fused-ring (bicyclic) bond motifs is 1. The second-order valence-corrected chi connectivity index (χ2v) is 6.01. The van der Waals surface area contributed by atoms with Crippen molar-refractivity contribution in [1.29, 1.82) is 0 Å². The molecule has 1 aromatic carbocycles. The lowest BCUT2D eigenvalue weighted by molar-refractivity contribution is 0.0914. The van der Waals surface area contributed by atoms with Crippen molar-refractivity contribution in [2.45, 2.75) is 26.6 Å². The van der Waals surface area contributed by atoms with E-state index in [9.17, 15) is 9.59 Å². The Hall–Kier alpha value is -2.86. The Morgan fingerprint density at radius 1 is 1.12 bits per heavy atom. The number of nitrogens with zero attached hydrogens (tertiary/aromatic N) is 1. The molecule has 0 bridgehead atoms. The number of para-hydroxylation sites is 1. The average Bonchev–Trinajstić information content (AvgIpc) is 3.13. The first-order chi connectivity index (χ1) is 11.6. The molecule has 122 valence electrons. The van der Waals surface area contributed by atoms with Gasteiger partial charge in [0.05, 0.1) is 29.1 Å². The molecule has 3 heterocycles. The van der Waals surface area contributed by atoms with E-state index in [4.69, 9.17) is 4.74 Å². The van der Waals surface area contributed by atoms with Gasteiger partial charge in [-0.25, -0.2) is 4.68 Å². The molecule has 0 spiro atoms. The molecule has 0 saturated carbocycles. The summed E-state index contributed by atoms with van der Waals surface area (Å²) in [6.07, 6.45) is 1.04. The van der Waals surface area contributed by atoms with Crippen LogP contribution in [0.1, 0.15) is 34.2 Å². The fourth-order valence-corrected chi connectivity index (χ4v) is 3.19. The van der Waals surface area contributed by atoms with E-state index in [0.717, 1.165) is 11.4 Å². The first-order valence-corrected chi connectivity index (χ1v) is 7.77. The molecule has 3 aromatic rings. The molecule has 1 aliphatic heterocycles. The normalized spacial score (nSPS) is 16.3. The van der Waals surface area contributed by atoms with Crippen molar-refractivity contribution in [2.75, 3.05) is 0 Å². The molecule has 2 N–H and O–H groups in total. The third-order valence-electron chi connectivity index (χ3n) is 4.44. The van der Waals surface area contributed by atoms with Crippen molar-refractivity contribution < 1.29 is 4.74 Å². The number of rotatable bonds is 2. The van der Waals surface area contributed by atoms with Gasteiger partial charge in [-0.1, -0.05) is 18.2 Å². The molecule has 2 aromatic heterocycles. The molecule has 24 heavy (non-hydrogen) atoms. The molecule has 0 radical (unpaired) electrons. The van der Waals surface area contributed by atoms with Gasteiger partial charge in [-0.2, -0.15) is 0 Å². The highest BCUT2D eigenvalue weighted by atomic mass is 16.5. The Balaban J connectivity index is 1.90. The van der Waals surface area contributed by atoms with Crippen molar-refractivity contribution in [3.8, 4) is 5.69 Å². The molecule has 0 amide bonds. The highest BCUT2D eigenvalue weighted by Gasteiger charge is 2.33. The van der Waals surface area contributed by atoms with Crippen LogP contribution in [0.3, 0.4) is 0 Å². The summed E-state index contributed by atoms with van der Waals surface area (Å²) in [5, 5.41) is 3.08. The minimum Gasteiger partial charge on any atom is -0.362 e. The molecule has 0 fully saturated rings. The van der Waals surface area contributed by atoms with Crippen LogP contribution in [0.25, 0.3) is 5.69 Å². The standard InChI is InChI=1S/C18H17N3O3/c1-10-8-19-13-9-24-17(15(13)16(10)22)14-11(2)20-21(18(14)23)12-6-4-3-5-7-12/h3-8,17,20H,9H2,1-2H3,(H,19,22). The van der Waals surface area contributed by atoms with E-state index < -0.39 is 6.10 Å². The molecule has 4 rings (SSSR count). The maximum atomic E-state index is 12.9. The van der Waals surface area contributed by atoms with E-state index >= 15 is 0 Å². The number of aromatic amines is 2. The summed E-state index contributed by atoms with van der Waals surface area (Å²) >= 11 is 0. The van der Waals surface area contributed by atoms with Crippen LogP contribution in [0.2, 0.25) is 0 Å². The largest absolute Gasteiger partial charge is 0.362 e. The summed E-state index contributed by atoms with van der Waals surface area (Å²) in [6.45, 7) is 3.87. The van der Waals surface area contributed by atoms with E-state index in [1.165, 1.54) is 4.68 Å². The van der Waals surface area contributed by atoms with Crippen molar-refractivity contribution >= 4 is 0 Å². The van der Waals surface area contributed by atoms with E-state index in [1.54, 1.807) is 13.1 Å². The smallest absolute Gasteiger partial charge is 0.277 e. The summed E-state index contributed by atoms with van der Waals surface area (Å²) in [5.41, 5.74) is 3.54. The van der Waals surface area contributed by atoms with Crippen LogP contribution >= 0.6 is 0 Å². The van der Waals surface area contributed by atoms with Gasteiger partial charge in [0.25, 0.3) is 5.56 Å². The van der Waals surface area contributed by atoms with Crippen LogP contribution in [-0.4, -0.2) is 14.8 Å². The van der Waals surface area contributed by atoms with Gasteiger partial charge < -0.3 is 9.72 Å². The number of pyridine rings is 1. The van der Waals surface area contributed by atoms with Crippen molar-refractivity contribution in [3.63, 3.8) is 0 Å². The second kappa shape index (κ2) is 5.35. The molecule has 1 atom stereocenters. The lowest BCUT2D eigenvalue weighted by atomic mass is 10.0. The summed E-state index contributed by atoms with van der Waals surface area (Å²) in [4.78, 5) is 28.5. The van der Waals surface area contributed by atoms with Crippen molar-refractivity contribution in [3.05, 3.63) is 85.2 Å². The fraction of sp³-hybridized carbons (Fsp3) is 0.222. The fourth-order valence-electron chi connectivity index (χ4n) is 3.19. The van der Waals surface area contributed by atoms with Crippen LogP contribution < -0.4 is 11.0 Å². The van der Waals surface area contributed by atoms with E-state index in [2.05, 4.69) is 10.1 Å². The first kappa shape index (κ1) is 14.7. The third kappa shape index (κ3) is 2.07. The first-order valence-electron chi connectivity index (χ1n) is 7.77. The van der Waals surface area contributed by atoms with Gasteiger partial charge in [0, 0.05) is 17.5 Å². The zero-order valence-corrected chi connectivity index (χ0v) is 13.4. The maximum absolute atomic E-state index is 12.9. The molecule has 0 aliphatic carbocycles. The summed E-state index contributed by atoms with van der Waals surface area (Å²) < 4.78 is 7.27. The number of ether oxygens (including phenoxy) is 1. The number of hydrogen-bond donors (Lipinski definition) is 2. The zero-order valence-electron chi connectivity index (χ0n) is 13.4. The average molecular weight is 323 g/mol. The molecule has 0 saturated heterocycles. The molecular formula is C18H17N3O3. The lowest BCUT2D eigenvalue weighted by Gasteiger charge is -2.09. The predicted molar refractivity (Wildman–Crippen MR) is 89.6 cm³/mol. The van der Waals surface area contributed by atoms with Crippen LogP contribution in [0.4, 0.5) is 0 Å². The molecule has 6 nitrogen and oxygen atoms in total. The molecular weight excluding hydrogens is 306 g/mol. The van der Waals surface area contributed by atoms with Crippen LogP contribution in [-0.2, 0) is 11.3 Å². The van der Waals surface area contributed by atoms with Crippen LogP contribution in [0.5, 0.6) is 0 Å². The molecule has 1 unspecified atom stereocenters. The van der Waals surface area contributed by atoms with Gasteiger partial charge in [-0.05, 0) is 26.0 Å². The van der Waals surface area contributed by atoms with E-state index in [0.29, 0.717) is 29.0 Å². The molecule has 6 heteroatoms. The highest BCUT2D eigenvalue weighted by molar-refractivity contribution is 5.40. The lowest BCUT2D eigenvalue weighted by Crippen LogP contribution is -2.23. The number of benzene rings is 1. The number of aromatic nitrogens is 3. The maximum Gasteiger partial charge on any atom is 0.277 e. The summed E-state index contributed by atoms with van der Waals surface area (Å²) in [5.74, 6) is 0. The number of nitrogens with one attached hydrogen (secondary N) is 2. The van der Waals surface area contributed by atoms with Crippen molar-refractivity contribution in [2.24, 2.45) is 0 Å². The number of aryl methyl sites for hydroxylation is 2. The Morgan fingerprint density at radius 2 is 1.88 bits per heavy atom. The topological polar surface area (TPSA) is 79.9 Å². The number of hydrogen-bond acceptors (Lipinski definition) is 3. The quantitative estimate of drug-likeness (QED) is 0.758. The SMILES string of the molecule is Cc1[nH]n(-c2ccccc2)c(=O)c1C1OCc2[nH]cc(C)c(=O)c21. The van der Waals surface area contributed by atoms with Gasteiger partial charge in [0.15, 0.2) is 5.43 Å². The third-order valence-corrected chi connectivity index (χ3v) is 4.44. The summed E-state index contributed by atoms with van der Waals surface area (Å²) in [6, 6.07) is 9.33. The zero-order chi connectivity index (χ0) is 16.8. The van der Waals surface area contributed by atoms with Gasteiger partial charge in [0.1, 0.15) is 6.10 Å². The Kier molecular flexibility index (Phi) is 3.28. The number of H-pyrrole nitrogens is 2. The van der Waals surface area contributed by atoms with E-state index in [1.807, 2.05) is 37.3 Å². The predicted octanol–water partition coefficient (Wildman–Crippen LogP) is 2.09. The summed E-state index contributed by atoms with van der Waals surface area (Å²) in [7, 11) is 0. The minimum atomic E-state index is -0.641. The Bertz CT molecular complexity index is 1030. The van der Waals surface area contributed by atoms with Crippen molar-refractivity contribution in [1.82, 2.24) is 14.8 Å².